The maximum Gasteiger partial charge on any atom is 0.282 e. The van der Waals surface area contributed by atoms with Crippen LogP contribution in [-0.2, 0) is 10.2 Å². The zero-order valence-electron chi connectivity index (χ0n) is 16.6. The lowest BCUT2D eigenvalue weighted by Crippen LogP contribution is -2.45. The van der Waals surface area contributed by atoms with Crippen LogP contribution in [0.25, 0.3) is 0 Å². The number of rotatable bonds is 5. The van der Waals surface area contributed by atoms with E-state index < -0.39 is 16.3 Å². The van der Waals surface area contributed by atoms with E-state index in [-0.39, 0.29) is 5.91 Å². The van der Waals surface area contributed by atoms with Gasteiger partial charge in [0, 0.05) is 37.5 Å². The number of anilines is 1. The van der Waals surface area contributed by atoms with Crippen LogP contribution < -0.4 is 5.32 Å². The van der Waals surface area contributed by atoms with Gasteiger partial charge in [-0.2, -0.15) is 17.0 Å². The topological polar surface area (TPSA) is 95.5 Å². The fourth-order valence-corrected chi connectivity index (χ4v) is 4.68. The van der Waals surface area contributed by atoms with Gasteiger partial charge in [0.25, 0.3) is 16.1 Å². The molecule has 0 bridgehead atoms. The Morgan fingerprint density at radius 1 is 1.24 bits per heavy atom. The van der Waals surface area contributed by atoms with Gasteiger partial charge in [-0.25, -0.2) is 9.97 Å². The molecule has 29 heavy (non-hydrogen) atoms. The van der Waals surface area contributed by atoms with Crippen molar-refractivity contribution in [3.63, 3.8) is 0 Å². The number of hydrogen-bond acceptors (Lipinski definition) is 5. The summed E-state index contributed by atoms with van der Waals surface area (Å²) in [6.45, 7) is 2.14. The fraction of sp³-hybridized carbons (Fsp3) is 0.421. The highest BCUT2D eigenvalue weighted by molar-refractivity contribution is 7.86. The lowest BCUT2D eigenvalue weighted by molar-refractivity contribution is 0.102. The number of aromatic nitrogens is 2. The predicted molar refractivity (Wildman–Crippen MR) is 112 cm³/mol. The number of piperidine rings is 1. The molecular formula is C19H24ClN5O3S. The summed E-state index contributed by atoms with van der Waals surface area (Å²) in [5.74, 6) is 0.0773. The molecule has 156 valence electrons. The van der Waals surface area contributed by atoms with Crippen molar-refractivity contribution in [1.29, 1.82) is 0 Å². The molecule has 3 rings (SSSR count). The highest BCUT2D eigenvalue weighted by Crippen LogP contribution is 2.32. The minimum atomic E-state index is -3.58. The highest BCUT2D eigenvalue weighted by Gasteiger charge is 2.36. The molecule has 0 unspecified atom stereocenters. The molecule has 2 heterocycles. The van der Waals surface area contributed by atoms with Gasteiger partial charge in [-0.15, -0.1) is 0 Å². The van der Waals surface area contributed by atoms with Crippen molar-refractivity contribution in [3.05, 3.63) is 52.6 Å². The summed E-state index contributed by atoms with van der Waals surface area (Å²) in [4.78, 5) is 21.4. The zero-order valence-corrected chi connectivity index (χ0v) is 18.2. The molecule has 1 atom stereocenters. The molecule has 0 spiro atoms. The average molecular weight is 438 g/mol. The van der Waals surface area contributed by atoms with Crippen molar-refractivity contribution in [3.8, 4) is 0 Å². The molecule has 0 radical (unpaired) electrons. The maximum atomic E-state index is 12.7. The van der Waals surface area contributed by atoms with Gasteiger partial charge in [-0.3, -0.25) is 4.79 Å². The molecule has 10 heteroatoms. The molecule has 1 fully saturated rings. The molecule has 1 N–H and O–H groups in total. The molecule has 1 amide bonds. The molecule has 1 aliphatic heterocycles. The number of carbonyl (C=O) groups excluding carboxylic acids is 1. The summed E-state index contributed by atoms with van der Waals surface area (Å²) in [6.07, 6.45) is 3.79. The van der Waals surface area contributed by atoms with E-state index in [0.717, 1.165) is 12.8 Å². The number of amides is 1. The van der Waals surface area contributed by atoms with Crippen molar-refractivity contribution in [1.82, 2.24) is 18.6 Å². The Kier molecular flexibility index (Phi) is 6.52. The maximum absolute atomic E-state index is 12.7. The Hall–Kier alpha value is -2.07. The van der Waals surface area contributed by atoms with Crippen molar-refractivity contribution < 1.29 is 13.2 Å². The summed E-state index contributed by atoms with van der Waals surface area (Å²) >= 11 is 5.86. The molecule has 1 saturated heterocycles. The smallest absolute Gasteiger partial charge is 0.282 e. The normalized spacial score (nSPS) is 18.0. The van der Waals surface area contributed by atoms with Crippen molar-refractivity contribution >= 4 is 33.4 Å². The minimum absolute atomic E-state index is 0.335. The first-order chi connectivity index (χ1) is 13.7. The van der Waals surface area contributed by atoms with Crippen LogP contribution in [0, 0.1) is 6.92 Å². The van der Waals surface area contributed by atoms with E-state index in [0.29, 0.717) is 40.8 Å². The van der Waals surface area contributed by atoms with Crippen molar-refractivity contribution in [2.75, 3.05) is 26.0 Å². The van der Waals surface area contributed by atoms with Gasteiger partial charge >= 0.3 is 0 Å². The Morgan fingerprint density at radius 3 is 2.55 bits per heavy atom. The van der Waals surface area contributed by atoms with E-state index in [1.54, 1.807) is 31.2 Å². The van der Waals surface area contributed by atoms with Gasteiger partial charge in [0.1, 0.15) is 5.82 Å². The van der Waals surface area contributed by atoms with E-state index in [1.165, 1.54) is 28.9 Å². The Balaban J connectivity index is 1.84. The van der Waals surface area contributed by atoms with Gasteiger partial charge in [0.05, 0.1) is 17.3 Å². The Labute approximate surface area is 176 Å². The quantitative estimate of drug-likeness (QED) is 0.775. The monoisotopic (exact) mass is 437 g/mol. The first-order valence-electron chi connectivity index (χ1n) is 9.30. The molecule has 0 saturated carbocycles. The van der Waals surface area contributed by atoms with Crippen LogP contribution in [0.15, 0.2) is 30.5 Å². The largest absolute Gasteiger partial charge is 0.322 e. The third-order valence-corrected chi connectivity index (χ3v) is 7.06. The van der Waals surface area contributed by atoms with Crippen LogP contribution >= 0.6 is 11.6 Å². The SMILES string of the molecule is Cc1nc([C@H]2CCCCN2S(=O)(=O)N(C)C)ncc1C(=O)Nc1ccc(Cl)cc1. The number of halogens is 1. The summed E-state index contributed by atoms with van der Waals surface area (Å²) in [7, 11) is -0.562. The van der Waals surface area contributed by atoms with E-state index >= 15 is 0 Å². The van der Waals surface area contributed by atoms with Gasteiger partial charge < -0.3 is 5.32 Å². The second-order valence-corrected chi connectivity index (χ2v) is 9.63. The zero-order chi connectivity index (χ0) is 21.2. The van der Waals surface area contributed by atoms with E-state index in [9.17, 15) is 13.2 Å². The molecule has 8 nitrogen and oxygen atoms in total. The lowest BCUT2D eigenvalue weighted by atomic mass is 10.0. The summed E-state index contributed by atoms with van der Waals surface area (Å²) < 4.78 is 28.0. The van der Waals surface area contributed by atoms with Crippen molar-refractivity contribution in [2.45, 2.75) is 32.2 Å². The van der Waals surface area contributed by atoms with Gasteiger partial charge in [0.2, 0.25) is 0 Å². The molecular weight excluding hydrogens is 414 g/mol. The summed E-state index contributed by atoms with van der Waals surface area (Å²) in [6, 6.07) is 6.34. The second kappa shape index (κ2) is 8.74. The number of aryl methyl sites for hydroxylation is 1. The molecule has 1 aromatic heterocycles. The van der Waals surface area contributed by atoms with Gasteiger partial charge in [-0.05, 0) is 44.0 Å². The predicted octanol–water partition coefficient (Wildman–Crippen LogP) is 3.02. The molecule has 2 aromatic rings. The first kappa shape index (κ1) is 21.6. The van der Waals surface area contributed by atoms with Crippen LogP contribution in [0.3, 0.4) is 0 Å². The molecule has 1 aromatic carbocycles. The van der Waals surface area contributed by atoms with Gasteiger partial charge in [-0.1, -0.05) is 18.0 Å². The number of nitrogens with one attached hydrogen (secondary N) is 1. The van der Waals surface area contributed by atoms with Crippen LogP contribution in [0.2, 0.25) is 5.02 Å². The second-order valence-electron chi connectivity index (χ2n) is 7.10. The van der Waals surface area contributed by atoms with Crippen LogP contribution in [0.5, 0.6) is 0 Å². The van der Waals surface area contributed by atoms with Crippen molar-refractivity contribution in [2.24, 2.45) is 0 Å². The summed E-state index contributed by atoms with van der Waals surface area (Å²) in [5.41, 5.74) is 1.44. The van der Waals surface area contributed by atoms with Gasteiger partial charge in [0.15, 0.2) is 0 Å². The average Bonchev–Trinajstić information content (AvgIpc) is 2.69. The molecule has 1 aliphatic rings. The molecule has 0 aliphatic carbocycles. The summed E-state index contributed by atoms with van der Waals surface area (Å²) in [5, 5.41) is 3.36. The van der Waals surface area contributed by atoms with E-state index in [4.69, 9.17) is 11.6 Å². The third kappa shape index (κ3) is 4.75. The van der Waals surface area contributed by atoms with E-state index in [1.807, 2.05) is 0 Å². The number of hydrogen-bond donors (Lipinski definition) is 1. The number of benzene rings is 1. The van der Waals surface area contributed by atoms with Crippen LogP contribution in [-0.4, -0.2) is 53.5 Å². The van der Waals surface area contributed by atoms with Crippen LogP contribution in [0.1, 0.15) is 47.2 Å². The highest BCUT2D eigenvalue weighted by atomic mass is 35.5. The Bertz CT molecular complexity index is 995. The number of carbonyl (C=O) groups is 1. The first-order valence-corrected chi connectivity index (χ1v) is 11.1. The van der Waals surface area contributed by atoms with Crippen LogP contribution in [0.4, 0.5) is 5.69 Å². The standard InChI is InChI=1S/C19H24ClN5O3S/c1-13-16(19(26)23-15-9-7-14(20)8-10-15)12-21-18(22-13)17-6-4-5-11-25(17)29(27,28)24(2)3/h7-10,12,17H,4-6,11H2,1-3H3,(H,23,26)/t17-/m1/s1. The lowest BCUT2D eigenvalue weighted by Gasteiger charge is -2.35. The third-order valence-electron chi connectivity index (χ3n) is 4.85. The minimum Gasteiger partial charge on any atom is -0.322 e. The fourth-order valence-electron chi connectivity index (χ4n) is 3.25. The number of nitrogens with zero attached hydrogens (tertiary/aromatic N) is 4. The Morgan fingerprint density at radius 2 is 1.93 bits per heavy atom. The van der Waals surface area contributed by atoms with E-state index in [2.05, 4.69) is 15.3 Å².